The number of esters is 1. The third-order valence-electron chi connectivity index (χ3n) is 5.16. The quantitative estimate of drug-likeness (QED) is 0.403. The second-order valence-corrected chi connectivity index (χ2v) is 7.61. The minimum atomic E-state index is -0.338. The molecule has 1 unspecified atom stereocenters. The minimum Gasteiger partial charge on any atom is -0.467 e. The number of nitrogen functional groups attached to an aromatic ring is 1. The van der Waals surface area contributed by atoms with Crippen molar-refractivity contribution in [1.29, 1.82) is 0 Å². The van der Waals surface area contributed by atoms with Crippen molar-refractivity contribution in [2.75, 3.05) is 19.5 Å². The summed E-state index contributed by atoms with van der Waals surface area (Å²) in [6.45, 7) is 6.03. The van der Waals surface area contributed by atoms with E-state index in [9.17, 15) is 9.59 Å². The molecule has 2 aromatic heterocycles. The fourth-order valence-electron chi connectivity index (χ4n) is 3.42. The van der Waals surface area contributed by atoms with Gasteiger partial charge in [0.1, 0.15) is 11.6 Å². The van der Waals surface area contributed by atoms with Crippen LogP contribution in [0.3, 0.4) is 0 Å². The van der Waals surface area contributed by atoms with E-state index in [0.29, 0.717) is 18.8 Å². The van der Waals surface area contributed by atoms with E-state index in [1.165, 1.54) is 7.11 Å². The van der Waals surface area contributed by atoms with Gasteiger partial charge in [0.2, 0.25) is 0 Å². The molecule has 8 nitrogen and oxygen atoms in total. The molecule has 1 atom stereocenters. The summed E-state index contributed by atoms with van der Waals surface area (Å²) in [5.74, 6) is -0.00805. The van der Waals surface area contributed by atoms with Crippen molar-refractivity contribution in [3.05, 3.63) is 40.8 Å². The highest BCUT2D eigenvalue weighted by molar-refractivity contribution is 5.80. The molecule has 0 aliphatic carbocycles. The number of aromatic nitrogens is 3. The van der Waals surface area contributed by atoms with Gasteiger partial charge in [-0.1, -0.05) is 6.07 Å². The van der Waals surface area contributed by atoms with Gasteiger partial charge in [0, 0.05) is 36.8 Å². The first-order chi connectivity index (χ1) is 14.8. The molecule has 0 radical (unpaired) electrons. The van der Waals surface area contributed by atoms with E-state index in [1.807, 2.05) is 19.9 Å². The summed E-state index contributed by atoms with van der Waals surface area (Å²) in [6.07, 6.45) is 6.36. The largest absolute Gasteiger partial charge is 0.467 e. The van der Waals surface area contributed by atoms with Gasteiger partial charge in [-0.3, -0.25) is 9.59 Å². The molecule has 0 spiro atoms. The second kappa shape index (κ2) is 12.0. The summed E-state index contributed by atoms with van der Waals surface area (Å²) < 4.78 is 10.0. The molecule has 2 heterocycles. The SMILES string of the molecule is CCOC(=O)CC(CC(=O)CCCCc1nc(N)c(C)cc1C)c1cnc(OC)nc1. The molecule has 0 bridgehead atoms. The number of hydrogen-bond donors (Lipinski definition) is 1. The van der Waals surface area contributed by atoms with Gasteiger partial charge in [0.15, 0.2) is 0 Å². The van der Waals surface area contributed by atoms with Gasteiger partial charge in [0.05, 0.1) is 20.1 Å². The van der Waals surface area contributed by atoms with Crippen molar-refractivity contribution in [3.63, 3.8) is 0 Å². The molecule has 0 aliphatic heterocycles. The molecule has 168 valence electrons. The summed E-state index contributed by atoms with van der Waals surface area (Å²) in [5.41, 5.74) is 9.70. The standard InChI is InChI=1S/C23H32N4O4/c1-5-31-21(29)12-17(18-13-25-23(30-4)26-14-18)11-19(28)8-6-7-9-20-15(2)10-16(3)22(24)27-20/h10,13-14,17H,5-9,11-12H2,1-4H3,(H2,24,27). The summed E-state index contributed by atoms with van der Waals surface area (Å²) in [7, 11) is 1.48. The number of aryl methyl sites for hydroxylation is 3. The van der Waals surface area contributed by atoms with E-state index in [0.717, 1.165) is 41.6 Å². The lowest BCUT2D eigenvalue weighted by molar-refractivity contribution is -0.143. The number of ketones is 1. The van der Waals surface area contributed by atoms with Crippen LogP contribution >= 0.6 is 0 Å². The van der Waals surface area contributed by atoms with Crippen LogP contribution in [-0.2, 0) is 20.7 Å². The molecule has 0 amide bonds. The topological polar surface area (TPSA) is 117 Å². The molecule has 0 aliphatic rings. The number of Topliss-reactive ketones (excluding diaryl/α,β-unsaturated/α-hetero) is 1. The lowest BCUT2D eigenvalue weighted by Gasteiger charge is -2.15. The zero-order valence-electron chi connectivity index (χ0n) is 18.8. The van der Waals surface area contributed by atoms with E-state index >= 15 is 0 Å². The van der Waals surface area contributed by atoms with Crippen LogP contribution < -0.4 is 10.5 Å². The number of methoxy groups -OCH3 is 1. The van der Waals surface area contributed by atoms with Crippen LogP contribution in [0.4, 0.5) is 5.82 Å². The lowest BCUT2D eigenvalue weighted by atomic mass is 9.91. The fraction of sp³-hybridized carbons (Fsp3) is 0.522. The summed E-state index contributed by atoms with van der Waals surface area (Å²) in [6, 6.07) is 2.28. The number of anilines is 1. The molecular formula is C23H32N4O4. The number of hydrogen-bond acceptors (Lipinski definition) is 8. The van der Waals surface area contributed by atoms with Crippen molar-refractivity contribution < 1.29 is 19.1 Å². The molecule has 2 rings (SSSR count). The minimum absolute atomic E-state index is 0.0956. The molecule has 0 saturated heterocycles. The van der Waals surface area contributed by atoms with Crippen molar-refractivity contribution in [2.24, 2.45) is 0 Å². The Balaban J connectivity index is 1.91. The maximum Gasteiger partial charge on any atom is 0.316 e. The highest BCUT2D eigenvalue weighted by Gasteiger charge is 2.21. The molecule has 2 N–H and O–H groups in total. The number of pyridine rings is 1. The molecule has 0 aromatic carbocycles. The predicted molar refractivity (Wildman–Crippen MR) is 118 cm³/mol. The van der Waals surface area contributed by atoms with Gasteiger partial charge in [-0.05, 0) is 56.7 Å². The predicted octanol–water partition coefficient (Wildman–Crippen LogP) is 3.49. The number of nitrogens with zero attached hydrogens (tertiary/aromatic N) is 3. The maximum absolute atomic E-state index is 12.6. The van der Waals surface area contributed by atoms with Gasteiger partial charge >= 0.3 is 12.0 Å². The van der Waals surface area contributed by atoms with E-state index in [2.05, 4.69) is 15.0 Å². The zero-order chi connectivity index (χ0) is 22.8. The average molecular weight is 429 g/mol. The molecular weight excluding hydrogens is 396 g/mol. The van der Waals surface area contributed by atoms with Crippen LogP contribution in [0, 0.1) is 13.8 Å². The zero-order valence-corrected chi connectivity index (χ0v) is 18.8. The Morgan fingerprint density at radius 2 is 1.81 bits per heavy atom. The van der Waals surface area contributed by atoms with Crippen molar-refractivity contribution in [1.82, 2.24) is 15.0 Å². The van der Waals surface area contributed by atoms with Gasteiger partial charge in [-0.25, -0.2) is 15.0 Å². The van der Waals surface area contributed by atoms with Crippen LogP contribution in [0.5, 0.6) is 6.01 Å². The number of rotatable bonds is 12. The Bertz CT molecular complexity index is 884. The Morgan fingerprint density at radius 1 is 1.10 bits per heavy atom. The Hall–Kier alpha value is -3.03. The lowest BCUT2D eigenvalue weighted by Crippen LogP contribution is -2.15. The first-order valence-electron chi connectivity index (χ1n) is 10.6. The van der Waals surface area contributed by atoms with Gasteiger partial charge in [-0.15, -0.1) is 0 Å². The first-order valence-corrected chi connectivity index (χ1v) is 10.6. The smallest absolute Gasteiger partial charge is 0.316 e. The van der Waals surface area contributed by atoms with Crippen LogP contribution in [0.1, 0.15) is 67.3 Å². The van der Waals surface area contributed by atoms with Crippen molar-refractivity contribution in [2.45, 2.75) is 65.2 Å². The normalized spacial score (nSPS) is 11.7. The fourth-order valence-corrected chi connectivity index (χ4v) is 3.42. The number of nitrogens with two attached hydrogens (primary N) is 1. The molecule has 0 saturated carbocycles. The number of carbonyl (C=O) groups is 2. The summed E-state index contributed by atoms with van der Waals surface area (Å²) in [4.78, 5) is 37.3. The molecule has 31 heavy (non-hydrogen) atoms. The van der Waals surface area contributed by atoms with Crippen LogP contribution in [0.2, 0.25) is 0 Å². The third kappa shape index (κ3) is 7.62. The highest BCUT2D eigenvalue weighted by atomic mass is 16.5. The average Bonchev–Trinajstić information content (AvgIpc) is 2.74. The first kappa shape index (κ1) is 24.2. The van der Waals surface area contributed by atoms with Gasteiger partial charge < -0.3 is 15.2 Å². The summed E-state index contributed by atoms with van der Waals surface area (Å²) >= 11 is 0. The number of unbranched alkanes of at least 4 members (excludes halogenated alkanes) is 1. The maximum atomic E-state index is 12.6. The van der Waals surface area contributed by atoms with E-state index in [-0.39, 0.29) is 36.5 Å². The molecule has 2 aromatic rings. The molecule has 8 heteroatoms. The van der Waals surface area contributed by atoms with Crippen molar-refractivity contribution >= 4 is 17.6 Å². The van der Waals surface area contributed by atoms with Crippen LogP contribution in [0.25, 0.3) is 0 Å². The van der Waals surface area contributed by atoms with Crippen LogP contribution in [-0.4, -0.2) is 40.4 Å². The van der Waals surface area contributed by atoms with Gasteiger partial charge in [0.25, 0.3) is 0 Å². The van der Waals surface area contributed by atoms with E-state index < -0.39 is 0 Å². The highest BCUT2D eigenvalue weighted by Crippen LogP contribution is 2.25. The van der Waals surface area contributed by atoms with Crippen LogP contribution in [0.15, 0.2) is 18.5 Å². The van der Waals surface area contributed by atoms with E-state index in [4.69, 9.17) is 15.2 Å². The second-order valence-electron chi connectivity index (χ2n) is 7.61. The molecule has 0 fully saturated rings. The van der Waals surface area contributed by atoms with Gasteiger partial charge in [-0.2, -0.15) is 0 Å². The number of ether oxygens (including phenoxy) is 2. The Labute approximate surface area is 183 Å². The van der Waals surface area contributed by atoms with Crippen molar-refractivity contribution in [3.8, 4) is 6.01 Å². The van der Waals surface area contributed by atoms with E-state index in [1.54, 1.807) is 19.3 Å². The summed E-state index contributed by atoms with van der Waals surface area (Å²) in [5, 5.41) is 0. The third-order valence-corrected chi connectivity index (χ3v) is 5.16. The Morgan fingerprint density at radius 3 is 2.45 bits per heavy atom. The monoisotopic (exact) mass is 428 g/mol. The Kier molecular flexibility index (Phi) is 9.37. The number of carbonyl (C=O) groups excluding carboxylic acids is 2.